The Morgan fingerprint density at radius 2 is 1.48 bits per heavy atom. The number of carbonyl (C=O) groups is 1. The van der Waals surface area contributed by atoms with Crippen molar-refractivity contribution in [1.82, 2.24) is 5.32 Å². The molecule has 0 saturated carbocycles. The molecule has 0 heterocycles. The Labute approximate surface area is 195 Å². The highest BCUT2D eigenvalue weighted by atomic mass is 16.3. The Bertz CT molecular complexity index is 1040. The maximum atomic E-state index is 13.4. The van der Waals surface area contributed by atoms with Crippen LogP contribution in [0, 0.1) is 5.92 Å². The van der Waals surface area contributed by atoms with Crippen molar-refractivity contribution in [2.75, 3.05) is 0 Å². The third-order valence-corrected chi connectivity index (χ3v) is 6.53. The van der Waals surface area contributed by atoms with E-state index < -0.39 is 30.2 Å². The van der Waals surface area contributed by atoms with E-state index in [1.807, 2.05) is 84.9 Å². The second-order valence-electron chi connectivity index (χ2n) is 9.00. The zero-order valence-electron chi connectivity index (χ0n) is 18.7. The van der Waals surface area contributed by atoms with E-state index in [-0.39, 0.29) is 12.3 Å². The van der Waals surface area contributed by atoms with Crippen LogP contribution in [0.15, 0.2) is 84.9 Å². The van der Waals surface area contributed by atoms with Crippen LogP contribution in [-0.4, -0.2) is 34.4 Å². The van der Waals surface area contributed by atoms with Gasteiger partial charge in [-0.3, -0.25) is 4.79 Å². The molecule has 5 atom stereocenters. The van der Waals surface area contributed by atoms with Crippen molar-refractivity contribution in [3.63, 3.8) is 0 Å². The zero-order valence-corrected chi connectivity index (χ0v) is 18.7. The van der Waals surface area contributed by atoms with E-state index in [1.54, 1.807) is 0 Å². The lowest BCUT2D eigenvalue weighted by Crippen LogP contribution is -2.43. The highest BCUT2D eigenvalue weighted by Crippen LogP contribution is 2.32. The van der Waals surface area contributed by atoms with Gasteiger partial charge in [0.15, 0.2) is 0 Å². The summed E-state index contributed by atoms with van der Waals surface area (Å²) in [4.78, 5) is 13.4. The Morgan fingerprint density at radius 3 is 2.15 bits per heavy atom. The van der Waals surface area contributed by atoms with Gasteiger partial charge in [-0.2, -0.15) is 0 Å². The molecule has 0 bridgehead atoms. The van der Waals surface area contributed by atoms with Crippen molar-refractivity contribution in [2.45, 2.75) is 50.0 Å². The number of nitrogens with two attached hydrogens (primary N) is 1. The van der Waals surface area contributed by atoms with Crippen LogP contribution in [0.3, 0.4) is 0 Å². The lowest BCUT2D eigenvalue weighted by Gasteiger charge is -2.26. The molecule has 0 saturated heterocycles. The quantitative estimate of drug-likeness (QED) is 0.408. The van der Waals surface area contributed by atoms with E-state index in [4.69, 9.17) is 5.73 Å². The van der Waals surface area contributed by atoms with Gasteiger partial charge in [0.1, 0.15) is 0 Å². The SMILES string of the molecule is N[C@@H](Cc1ccccc1)[C@@H](O)C[C@@H](Cc1ccccc1)C(=O)N[C@H]1c2ccccc2CC1O. The van der Waals surface area contributed by atoms with Crippen molar-refractivity contribution in [1.29, 1.82) is 0 Å². The highest BCUT2D eigenvalue weighted by Gasteiger charge is 2.34. The zero-order chi connectivity index (χ0) is 23.2. The van der Waals surface area contributed by atoms with Gasteiger partial charge in [-0.1, -0.05) is 84.9 Å². The summed E-state index contributed by atoms with van der Waals surface area (Å²) < 4.78 is 0. The van der Waals surface area contributed by atoms with Gasteiger partial charge in [-0.25, -0.2) is 0 Å². The number of hydrogen-bond donors (Lipinski definition) is 4. The predicted octanol–water partition coefficient (Wildman–Crippen LogP) is 2.94. The molecule has 0 spiro atoms. The largest absolute Gasteiger partial charge is 0.391 e. The summed E-state index contributed by atoms with van der Waals surface area (Å²) >= 11 is 0. The summed E-state index contributed by atoms with van der Waals surface area (Å²) in [5, 5.41) is 24.5. The molecule has 1 amide bonds. The number of benzene rings is 3. The molecule has 5 nitrogen and oxygen atoms in total. The molecule has 1 aliphatic rings. The first kappa shape index (κ1) is 23.2. The molecular weight excluding hydrogens is 412 g/mol. The molecule has 1 aliphatic carbocycles. The minimum Gasteiger partial charge on any atom is -0.391 e. The van der Waals surface area contributed by atoms with Gasteiger partial charge in [0, 0.05) is 18.4 Å². The van der Waals surface area contributed by atoms with Crippen LogP contribution in [0.1, 0.15) is 34.7 Å². The van der Waals surface area contributed by atoms with Crippen molar-refractivity contribution in [3.05, 3.63) is 107 Å². The second kappa shape index (κ2) is 10.8. The van der Waals surface area contributed by atoms with Gasteiger partial charge in [0.25, 0.3) is 0 Å². The van der Waals surface area contributed by atoms with Crippen molar-refractivity contribution < 1.29 is 15.0 Å². The summed E-state index contributed by atoms with van der Waals surface area (Å²) in [6.07, 6.45) is 0.316. The molecule has 5 heteroatoms. The van der Waals surface area contributed by atoms with Crippen molar-refractivity contribution >= 4 is 5.91 Å². The first-order chi connectivity index (χ1) is 16.0. The van der Waals surface area contributed by atoms with Crippen molar-refractivity contribution in [2.24, 2.45) is 11.7 Å². The number of carbonyl (C=O) groups excluding carboxylic acids is 1. The second-order valence-corrected chi connectivity index (χ2v) is 9.00. The van der Waals surface area contributed by atoms with Gasteiger partial charge < -0.3 is 21.3 Å². The molecular formula is C28H32N2O3. The fourth-order valence-electron chi connectivity index (χ4n) is 4.69. The van der Waals surface area contributed by atoms with Gasteiger partial charge in [0.05, 0.1) is 18.2 Å². The van der Waals surface area contributed by atoms with E-state index >= 15 is 0 Å². The molecule has 0 aliphatic heterocycles. The summed E-state index contributed by atoms with van der Waals surface area (Å²) in [5.74, 6) is -0.644. The summed E-state index contributed by atoms with van der Waals surface area (Å²) in [5.41, 5.74) is 10.4. The highest BCUT2D eigenvalue weighted by molar-refractivity contribution is 5.80. The van der Waals surface area contributed by atoms with E-state index in [2.05, 4.69) is 5.32 Å². The number of fused-ring (bicyclic) bond motifs is 1. The number of amides is 1. The van der Waals surface area contributed by atoms with Crippen LogP contribution in [0.5, 0.6) is 0 Å². The Balaban J connectivity index is 1.47. The molecule has 0 aromatic heterocycles. The molecule has 1 unspecified atom stereocenters. The van der Waals surface area contributed by atoms with E-state index in [0.29, 0.717) is 19.3 Å². The molecule has 3 aromatic rings. The standard InChI is InChI=1S/C28H32N2O3/c29-24(16-20-11-5-2-6-12-20)25(31)18-22(15-19-9-3-1-4-10-19)28(33)30-27-23-14-8-7-13-21(23)17-26(27)32/h1-14,22,24-27,31-32H,15-18,29H2,(H,30,33)/t22-,24+,25+,26?,27+/m1/s1. The number of aliphatic hydroxyl groups excluding tert-OH is 2. The lowest BCUT2D eigenvalue weighted by atomic mass is 9.88. The van der Waals surface area contributed by atoms with Crippen LogP contribution >= 0.6 is 0 Å². The molecule has 172 valence electrons. The molecule has 5 N–H and O–H groups in total. The smallest absolute Gasteiger partial charge is 0.224 e. The molecule has 0 radical (unpaired) electrons. The fraction of sp³-hybridized carbons (Fsp3) is 0.321. The third-order valence-electron chi connectivity index (χ3n) is 6.53. The summed E-state index contributed by atoms with van der Waals surface area (Å²) in [6, 6.07) is 26.5. The number of aliphatic hydroxyl groups is 2. The Kier molecular flexibility index (Phi) is 7.55. The molecule has 4 rings (SSSR count). The van der Waals surface area contributed by atoms with E-state index in [1.165, 1.54) is 0 Å². The summed E-state index contributed by atoms with van der Waals surface area (Å²) in [7, 11) is 0. The van der Waals surface area contributed by atoms with E-state index in [0.717, 1.165) is 22.3 Å². The first-order valence-electron chi connectivity index (χ1n) is 11.6. The van der Waals surface area contributed by atoms with Crippen LogP contribution in [-0.2, 0) is 24.1 Å². The van der Waals surface area contributed by atoms with Gasteiger partial charge in [-0.05, 0) is 41.5 Å². The van der Waals surface area contributed by atoms with Crippen LogP contribution < -0.4 is 11.1 Å². The minimum atomic E-state index is -0.828. The van der Waals surface area contributed by atoms with Crippen LogP contribution in [0.4, 0.5) is 0 Å². The molecule has 33 heavy (non-hydrogen) atoms. The fourth-order valence-corrected chi connectivity index (χ4v) is 4.69. The maximum Gasteiger partial charge on any atom is 0.224 e. The Hall–Kier alpha value is -2.99. The van der Waals surface area contributed by atoms with Crippen LogP contribution in [0.2, 0.25) is 0 Å². The monoisotopic (exact) mass is 444 g/mol. The average Bonchev–Trinajstić information content (AvgIpc) is 3.14. The van der Waals surface area contributed by atoms with Gasteiger partial charge in [-0.15, -0.1) is 0 Å². The summed E-state index contributed by atoms with van der Waals surface area (Å²) in [6.45, 7) is 0. The Morgan fingerprint density at radius 1 is 0.909 bits per heavy atom. The van der Waals surface area contributed by atoms with Gasteiger partial charge in [0.2, 0.25) is 5.91 Å². The van der Waals surface area contributed by atoms with Gasteiger partial charge >= 0.3 is 0 Å². The number of nitrogens with one attached hydrogen (secondary N) is 1. The van der Waals surface area contributed by atoms with Crippen molar-refractivity contribution in [3.8, 4) is 0 Å². The molecule has 0 fully saturated rings. The first-order valence-corrected chi connectivity index (χ1v) is 11.6. The lowest BCUT2D eigenvalue weighted by molar-refractivity contribution is -0.127. The maximum absolute atomic E-state index is 13.4. The number of hydrogen-bond acceptors (Lipinski definition) is 4. The topological polar surface area (TPSA) is 95.6 Å². The molecule has 3 aromatic carbocycles. The average molecular weight is 445 g/mol. The predicted molar refractivity (Wildman–Crippen MR) is 129 cm³/mol. The normalized spacial score (nSPS) is 20.0. The number of rotatable bonds is 9. The van der Waals surface area contributed by atoms with E-state index in [9.17, 15) is 15.0 Å². The third kappa shape index (κ3) is 5.88. The minimum absolute atomic E-state index is 0.175. The van der Waals surface area contributed by atoms with Crippen LogP contribution in [0.25, 0.3) is 0 Å².